The molecule has 0 unspecified atom stereocenters. The van der Waals surface area contributed by atoms with E-state index in [9.17, 15) is 4.79 Å². The summed E-state index contributed by atoms with van der Waals surface area (Å²) in [6.45, 7) is 1.85. The van der Waals surface area contributed by atoms with Crippen molar-refractivity contribution in [3.8, 4) is 5.75 Å². The maximum Gasteiger partial charge on any atom is 0.193 e. The molecule has 92 valence electrons. The number of methoxy groups -OCH3 is 1. The molecule has 0 spiro atoms. The Morgan fingerprint density at radius 3 is 2.78 bits per heavy atom. The lowest BCUT2D eigenvalue weighted by molar-refractivity contribution is 0.103. The van der Waals surface area contributed by atoms with E-state index in [0.717, 1.165) is 5.56 Å². The molecule has 0 saturated heterocycles. The van der Waals surface area contributed by atoms with Gasteiger partial charge in [-0.3, -0.25) is 9.78 Å². The van der Waals surface area contributed by atoms with Crippen molar-refractivity contribution in [2.75, 3.05) is 7.11 Å². The van der Waals surface area contributed by atoms with Crippen LogP contribution in [0.5, 0.6) is 5.75 Å². The number of nitrogens with zero attached hydrogens (tertiary/aromatic N) is 1. The molecule has 0 aliphatic rings. The summed E-state index contributed by atoms with van der Waals surface area (Å²) in [4.78, 5) is 16.3. The van der Waals surface area contributed by atoms with Gasteiger partial charge < -0.3 is 4.74 Å². The van der Waals surface area contributed by atoms with Crippen LogP contribution >= 0.6 is 11.6 Å². The number of aromatic nitrogens is 1. The van der Waals surface area contributed by atoms with Gasteiger partial charge in [0.05, 0.1) is 12.1 Å². The lowest BCUT2D eigenvalue weighted by Gasteiger charge is -2.07. The van der Waals surface area contributed by atoms with Crippen molar-refractivity contribution in [3.05, 3.63) is 58.4 Å². The zero-order chi connectivity index (χ0) is 13.1. The van der Waals surface area contributed by atoms with Gasteiger partial charge in [0.15, 0.2) is 5.78 Å². The molecule has 0 bridgehead atoms. The summed E-state index contributed by atoms with van der Waals surface area (Å²) < 4.78 is 5.11. The Balaban J connectivity index is 2.44. The summed E-state index contributed by atoms with van der Waals surface area (Å²) in [5.74, 6) is 0.430. The lowest BCUT2D eigenvalue weighted by atomic mass is 10.0. The average molecular weight is 262 g/mol. The fourth-order valence-electron chi connectivity index (χ4n) is 1.68. The van der Waals surface area contributed by atoms with E-state index in [-0.39, 0.29) is 5.78 Å². The molecule has 0 amide bonds. The monoisotopic (exact) mass is 261 g/mol. The first kappa shape index (κ1) is 12.6. The van der Waals surface area contributed by atoms with Gasteiger partial charge in [-0.2, -0.15) is 0 Å². The highest BCUT2D eigenvalue weighted by Crippen LogP contribution is 2.26. The van der Waals surface area contributed by atoms with Crippen molar-refractivity contribution in [1.29, 1.82) is 0 Å². The number of carbonyl (C=O) groups is 1. The van der Waals surface area contributed by atoms with Gasteiger partial charge in [-0.1, -0.05) is 11.6 Å². The van der Waals surface area contributed by atoms with Crippen LogP contribution in [0.3, 0.4) is 0 Å². The number of ketones is 1. The third-order valence-corrected chi connectivity index (χ3v) is 2.99. The normalized spacial score (nSPS) is 10.2. The predicted molar refractivity (Wildman–Crippen MR) is 70.4 cm³/mol. The third-order valence-electron chi connectivity index (χ3n) is 2.68. The molecule has 0 aliphatic carbocycles. The van der Waals surface area contributed by atoms with Crippen molar-refractivity contribution in [3.63, 3.8) is 0 Å². The molecule has 1 aromatic carbocycles. The minimum atomic E-state index is -0.0649. The number of ether oxygens (including phenoxy) is 1. The Hall–Kier alpha value is -1.87. The number of aryl methyl sites for hydroxylation is 1. The highest BCUT2D eigenvalue weighted by atomic mass is 35.5. The summed E-state index contributed by atoms with van der Waals surface area (Å²) in [6, 6.07) is 6.69. The van der Waals surface area contributed by atoms with Gasteiger partial charge >= 0.3 is 0 Å². The SMILES string of the molecule is COc1cc(C(=O)c2ccncc2C)ccc1Cl. The second-order valence-corrected chi connectivity index (χ2v) is 4.28. The number of benzene rings is 1. The smallest absolute Gasteiger partial charge is 0.193 e. The van der Waals surface area contributed by atoms with Crippen LogP contribution in [0.2, 0.25) is 5.02 Å². The molecule has 1 heterocycles. The van der Waals surface area contributed by atoms with E-state index < -0.39 is 0 Å². The van der Waals surface area contributed by atoms with E-state index in [2.05, 4.69) is 4.98 Å². The molecule has 0 atom stereocenters. The maximum atomic E-state index is 12.3. The van der Waals surface area contributed by atoms with Crippen molar-refractivity contribution >= 4 is 17.4 Å². The molecule has 2 aromatic rings. The first-order valence-electron chi connectivity index (χ1n) is 5.42. The standard InChI is InChI=1S/C14H12ClNO2/c1-9-8-16-6-5-11(9)14(17)10-3-4-12(15)13(7-10)18-2/h3-8H,1-2H3. The van der Waals surface area contributed by atoms with E-state index in [0.29, 0.717) is 21.9 Å². The Morgan fingerprint density at radius 2 is 2.11 bits per heavy atom. The fraction of sp³-hybridized carbons (Fsp3) is 0.143. The van der Waals surface area contributed by atoms with Crippen LogP contribution in [0.4, 0.5) is 0 Å². The quantitative estimate of drug-likeness (QED) is 0.796. The highest BCUT2D eigenvalue weighted by molar-refractivity contribution is 6.32. The highest BCUT2D eigenvalue weighted by Gasteiger charge is 2.13. The number of hydrogen-bond donors (Lipinski definition) is 0. The van der Waals surface area contributed by atoms with Crippen LogP contribution in [0.15, 0.2) is 36.7 Å². The lowest BCUT2D eigenvalue weighted by Crippen LogP contribution is -2.04. The van der Waals surface area contributed by atoms with Gasteiger partial charge in [0.1, 0.15) is 5.75 Å². The fourth-order valence-corrected chi connectivity index (χ4v) is 1.88. The Morgan fingerprint density at radius 1 is 1.33 bits per heavy atom. The molecule has 1 aromatic heterocycles. The molecular formula is C14H12ClNO2. The largest absolute Gasteiger partial charge is 0.495 e. The van der Waals surface area contributed by atoms with Gasteiger partial charge in [0, 0.05) is 23.5 Å². The summed E-state index contributed by atoms with van der Waals surface area (Å²) in [5, 5.41) is 0.487. The van der Waals surface area contributed by atoms with Crippen molar-refractivity contribution in [2.24, 2.45) is 0 Å². The topological polar surface area (TPSA) is 39.2 Å². The van der Waals surface area contributed by atoms with Crippen molar-refractivity contribution < 1.29 is 9.53 Å². The molecule has 0 N–H and O–H groups in total. The average Bonchev–Trinajstić information content (AvgIpc) is 2.39. The van der Waals surface area contributed by atoms with Gasteiger partial charge in [0.2, 0.25) is 0 Å². The van der Waals surface area contributed by atoms with Gasteiger partial charge in [-0.25, -0.2) is 0 Å². The van der Waals surface area contributed by atoms with Crippen molar-refractivity contribution in [1.82, 2.24) is 4.98 Å². The summed E-state index contributed by atoms with van der Waals surface area (Å²) in [7, 11) is 1.52. The molecule has 0 fully saturated rings. The third kappa shape index (κ3) is 2.36. The molecule has 4 heteroatoms. The van der Waals surface area contributed by atoms with E-state index in [4.69, 9.17) is 16.3 Å². The second kappa shape index (κ2) is 5.19. The minimum Gasteiger partial charge on any atom is -0.495 e. The minimum absolute atomic E-state index is 0.0649. The molecule has 0 radical (unpaired) electrons. The maximum absolute atomic E-state index is 12.3. The molecule has 0 saturated carbocycles. The number of hydrogen-bond acceptors (Lipinski definition) is 3. The number of halogens is 1. The Kier molecular flexibility index (Phi) is 3.63. The van der Waals surface area contributed by atoms with Crippen LogP contribution in [0.1, 0.15) is 21.5 Å². The zero-order valence-electron chi connectivity index (χ0n) is 10.1. The summed E-state index contributed by atoms with van der Waals surface area (Å²) >= 11 is 5.93. The number of rotatable bonds is 3. The molecule has 3 nitrogen and oxygen atoms in total. The summed E-state index contributed by atoms with van der Waals surface area (Å²) in [6.07, 6.45) is 3.27. The van der Waals surface area contributed by atoms with Gasteiger partial charge in [-0.05, 0) is 36.8 Å². The van der Waals surface area contributed by atoms with Gasteiger partial charge in [-0.15, -0.1) is 0 Å². The molecular weight excluding hydrogens is 250 g/mol. The Labute approximate surface area is 110 Å². The number of pyridine rings is 1. The van der Waals surface area contributed by atoms with Crippen LogP contribution < -0.4 is 4.74 Å². The van der Waals surface area contributed by atoms with E-state index in [1.807, 2.05) is 6.92 Å². The zero-order valence-corrected chi connectivity index (χ0v) is 10.9. The number of carbonyl (C=O) groups excluding carboxylic acids is 1. The Bertz CT molecular complexity index is 596. The van der Waals surface area contributed by atoms with Gasteiger partial charge in [0.25, 0.3) is 0 Å². The molecule has 18 heavy (non-hydrogen) atoms. The van der Waals surface area contributed by atoms with E-state index in [1.54, 1.807) is 36.7 Å². The van der Waals surface area contributed by atoms with Crippen LogP contribution in [-0.2, 0) is 0 Å². The van der Waals surface area contributed by atoms with Crippen LogP contribution in [-0.4, -0.2) is 17.9 Å². The van der Waals surface area contributed by atoms with E-state index >= 15 is 0 Å². The first-order valence-corrected chi connectivity index (χ1v) is 5.80. The van der Waals surface area contributed by atoms with Crippen LogP contribution in [0.25, 0.3) is 0 Å². The van der Waals surface area contributed by atoms with E-state index in [1.165, 1.54) is 7.11 Å². The van der Waals surface area contributed by atoms with Crippen LogP contribution in [0, 0.1) is 6.92 Å². The summed E-state index contributed by atoms with van der Waals surface area (Å²) in [5.41, 5.74) is 2.02. The second-order valence-electron chi connectivity index (χ2n) is 3.87. The molecule has 0 aliphatic heterocycles. The molecule has 2 rings (SSSR count). The predicted octanol–water partition coefficient (Wildman–Crippen LogP) is 3.28. The first-order chi connectivity index (χ1) is 8.63. The van der Waals surface area contributed by atoms with Crippen molar-refractivity contribution in [2.45, 2.75) is 6.92 Å².